The highest BCUT2D eigenvalue weighted by atomic mass is 16.2. The number of rotatable bonds is 5. The number of piperidine rings is 1. The van der Waals surface area contributed by atoms with Crippen molar-refractivity contribution < 1.29 is 9.59 Å². The highest BCUT2D eigenvalue weighted by molar-refractivity contribution is 5.92. The molecule has 3 amide bonds. The van der Waals surface area contributed by atoms with Crippen LogP contribution in [0.25, 0.3) is 0 Å². The molecule has 1 aromatic carbocycles. The van der Waals surface area contributed by atoms with Crippen molar-refractivity contribution in [3.8, 4) is 0 Å². The van der Waals surface area contributed by atoms with E-state index in [1.54, 1.807) is 23.9 Å². The van der Waals surface area contributed by atoms with Crippen LogP contribution in [0.2, 0.25) is 0 Å². The van der Waals surface area contributed by atoms with Crippen LogP contribution in [0, 0.1) is 5.92 Å². The number of amides is 3. The second kappa shape index (κ2) is 8.68. The van der Waals surface area contributed by atoms with E-state index in [1.165, 1.54) is 0 Å². The topological polar surface area (TPSA) is 64.7 Å². The zero-order valence-corrected chi connectivity index (χ0v) is 14.8. The normalized spacial score (nSPS) is 15.2. The Bertz CT molecular complexity index is 566. The second-order valence-corrected chi connectivity index (χ2v) is 6.41. The lowest BCUT2D eigenvalue weighted by atomic mass is 9.96. The van der Waals surface area contributed by atoms with Gasteiger partial charge in [-0.15, -0.1) is 0 Å². The summed E-state index contributed by atoms with van der Waals surface area (Å²) in [7, 11) is 3.50. The first-order valence-electron chi connectivity index (χ1n) is 8.58. The van der Waals surface area contributed by atoms with E-state index in [4.69, 9.17) is 0 Å². The molecule has 2 N–H and O–H groups in total. The van der Waals surface area contributed by atoms with Gasteiger partial charge < -0.3 is 20.4 Å². The number of carbonyl (C=O) groups is 2. The minimum Gasteiger partial charge on any atom is -0.331 e. The van der Waals surface area contributed by atoms with Gasteiger partial charge in [-0.05, 0) is 37.1 Å². The molecule has 0 atom stereocenters. The third kappa shape index (κ3) is 4.96. The summed E-state index contributed by atoms with van der Waals surface area (Å²) in [6, 6.07) is 7.94. The molecule has 0 unspecified atom stereocenters. The summed E-state index contributed by atoms with van der Waals surface area (Å²) in [5.41, 5.74) is 1.99. The van der Waals surface area contributed by atoms with Gasteiger partial charge in [-0.25, -0.2) is 4.79 Å². The molecule has 132 valence electrons. The van der Waals surface area contributed by atoms with Gasteiger partial charge in [0.05, 0.1) is 0 Å². The van der Waals surface area contributed by atoms with Crippen molar-refractivity contribution >= 4 is 17.6 Å². The summed E-state index contributed by atoms with van der Waals surface area (Å²) >= 11 is 0. The van der Waals surface area contributed by atoms with Crippen LogP contribution >= 0.6 is 0 Å². The van der Waals surface area contributed by atoms with E-state index in [2.05, 4.69) is 17.6 Å². The lowest BCUT2D eigenvalue weighted by molar-refractivity contribution is -0.121. The summed E-state index contributed by atoms with van der Waals surface area (Å²) in [6.45, 7) is 5.05. The monoisotopic (exact) mass is 332 g/mol. The zero-order chi connectivity index (χ0) is 17.5. The predicted octanol–water partition coefficient (Wildman–Crippen LogP) is 2.13. The Morgan fingerprint density at radius 2 is 1.96 bits per heavy atom. The first kappa shape index (κ1) is 18.3. The third-order valence-corrected chi connectivity index (χ3v) is 4.29. The molecular formula is C18H28N4O2. The maximum absolute atomic E-state index is 12.5. The molecule has 1 fully saturated rings. The van der Waals surface area contributed by atoms with Crippen LogP contribution in [-0.2, 0) is 11.3 Å². The molecule has 0 bridgehead atoms. The highest BCUT2D eigenvalue weighted by Gasteiger charge is 2.27. The van der Waals surface area contributed by atoms with Crippen molar-refractivity contribution in [1.29, 1.82) is 0 Å². The molecule has 1 aliphatic rings. The quantitative estimate of drug-likeness (QED) is 0.868. The molecule has 0 aliphatic carbocycles. The lowest BCUT2D eigenvalue weighted by Gasteiger charge is -2.33. The molecule has 1 saturated heterocycles. The van der Waals surface area contributed by atoms with Crippen molar-refractivity contribution in [3.63, 3.8) is 0 Å². The Morgan fingerprint density at radius 3 is 2.58 bits per heavy atom. The third-order valence-electron chi connectivity index (χ3n) is 4.29. The van der Waals surface area contributed by atoms with Crippen LogP contribution in [0.15, 0.2) is 24.3 Å². The molecule has 0 spiro atoms. The Labute approximate surface area is 144 Å². The lowest BCUT2D eigenvalue weighted by Crippen LogP contribution is -2.45. The minimum absolute atomic E-state index is 0.0185. The van der Waals surface area contributed by atoms with Crippen molar-refractivity contribution in [2.75, 3.05) is 39.0 Å². The van der Waals surface area contributed by atoms with E-state index in [0.29, 0.717) is 25.9 Å². The van der Waals surface area contributed by atoms with Crippen LogP contribution < -0.4 is 10.6 Å². The van der Waals surface area contributed by atoms with Gasteiger partial charge in [0.2, 0.25) is 5.91 Å². The Balaban J connectivity index is 1.86. The predicted molar refractivity (Wildman–Crippen MR) is 95.8 cm³/mol. The van der Waals surface area contributed by atoms with Crippen molar-refractivity contribution in [2.24, 2.45) is 5.92 Å². The average molecular weight is 332 g/mol. The molecule has 1 heterocycles. The largest absolute Gasteiger partial charge is 0.331 e. The van der Waals surface area contributed by atoms with Gasteiger partial charge in [0.1, 0.15) is 0 Å². The van der Waals surface area contributed by atoms with Crippen LogP contribution in [0.4, 0.5) is 10.5 Å². The molecule has 0 radical (unpaired) electrons. The summed E-state index contributed by atoms with van der Waals surface area (Å²) < 4.78 is 0. The number of nitrogens with one attached hydrogen (secondary N) is 2. The maximum Gasteiger partial charge on any atom is 0.319 e. The molecule has 6 nitrogen and oxygen atoms in total. The van der Waals surface area contributed by atoms with Crippen LogP contribution in [0.3, 0.4) is 0 Å². The van der Waals surface area contributed by atoms with E-state index >= 15 is 0 Å². The fourth-order valence-corrected chi connectivity index (χ4v) is 2.89. The van der Waals surface area contributed by atoms with Gasteiger partial charge in [-0.3, -0.25) is 4.79 Å². The summed E-state index contributed by atoms with van der Waals surface area (Å²) in [4.78, 5) is 27.8. The minimum atomic E-state index is -0.0337. The van der Waals surface area contributed by atoms with Crippen LogP contribution in [0.5, 0.6) is 0 Å². The standard InChI is InChI=1S/C18H28N4O2/c1-4-19-13-14-6-5-7-16(12-14)20-17(23)15-8-10-22(11-9-15)18(24)21(2)3/h5-7,12,15,19H,4,8-11,13H2,1-3H3,(H,20,23). The van der Waals surface area contributed by atoms with Gasteiger partial charge >= 0.3 is 6.03 Å². The van der Waals surface area contributed by atoms with Gasteiger partial charge in [0, 0.05) is 45.3 Å². The number of urea groups is 1. The fourth-order valence-electron chi connectivity index (χ4n) is 2.89. The molecule has 2 rings (SSSR count). The number of hydrogen-bond donors (Lipinski definition) is 2. The zero-order valence-electron chi connectivity index (χ0n) is 14.8. The Hall–Kier alpha value is -2.08. The Kier molecular flexibility index (Phi) is 6.61. The number of likely N-dealkylation sites (tertiary alicyclic amines) is 1. The van der Waals surface area contributed by atoms with Crippen molar-refractivity contribution in [1.82, 2.24) is 15.1 Å². The van der Waals surface area contributed by atoms with Crippen LogP contribution in [0.1, 0.15) is 25.3 Å². The molecule has 0 saturated carbocycles. The van der Waals surface area contributed by atoms with Gasteiger partial charge in [0.15, 0.2) is 0 Å². The SMILES string of the molecule is CCNCc1cccc(NC(=O)C2CCN(C(=O)N(C)C)CC2)c1. The average Bonchev–Trinajstić information content (AvgIpc) is 2.59. The highest BCUT2D eigenvalue weighted by Crippen LogP contribution is 2.20. The number of hydrogen-bond acceptors (Lipinski definition) is 3. The number of benzene rings is 1. The van der Waals surface area contributed by atoms with Gasteiger partial charge in [-0.1, -0.05) is 19.1 Å². The molecule has 0 aromatic heterocycles. The van der Waals surface area contributed by atoms with E-state index in [-0.39, 0.29) is 17.9 Å². The fraction of sp³-hybridized carbons (Fsp3) is 0.556. The van der Waals surface area contributed by atoms with Crippen molar-refractivity contribution in [3.05, 3.63) is 29.8 Å². The van der Waals surface area contributed by atoms with E-state index in [0.717, 1.165) is 24.3 Å². The number of carbonyl (C=O) groups excluding carboxylic acids is 2. The van der Waals surface area contributed by atoms with E-state index < -0.39 is 0 Å². The number of nitrogens with zero attached hydrogens (tertiary/aromatic N) is 2. The molecule has 24 heavy (non-hydrogen) atoms. The smallest absolute Gasteiger partial charge is 0.319 e. The number of anilines is 1. The second-order valence-electron chi connectivity index (χ2n) is 6.41. The van der Waals surface area contributed by atoms with Gasteiger partial charge in [-0.2, -0.15) is 0 Å². The molecule has 6 heteroatoms. The molecule has 1 aliphatic heterocycles. The summed E-state index contributed by atoms with van der Waals surface area (Å²) in [6.07, 6.45) is 1.42. The van der Waals surface area contributed by atoms with E-state index in [1.807, 2.05) is 24.3 Å². The molecular weight excluding hydrogens is 304 g/mol. The summed E-state index contributed by atoms with van der Waals surface area (Å²) in [5.74, 6) is 0.0150. The van der Waals surface area contributed by atoms with E-state index in [9.17, 15) is 9.59 Å². The van der Waals surface area contributed by atoms with Gasteiger partial charge in [0.25, 0.3) is 0 Å². The first-order valence-corrected chi connectivity index (χ1v) is 8.58. The maximum atomic E-state index is 12.5. The Morgan fingerprint density at radius 1 is 1.25 bits per heavy atom. The molecule has 1 aromatic rings. The first-order chi connectivity index (χ1) is 11.5. The summed E-state index contributed by atoms with van der Waals surface area (Å²) in [5, 5.41) is 6.29. The van der Waals surface area contributed by atoms with Crippen molar-refractivity contribution in [2.45, 2.75) is 26.3 Å². The van der Waals surface area contributed by atoms with Crippen LogP contribution in [-0.4, -0.2) is 55.5 Å².